The highest BCUT2D eigenvalue weighted by Crippen LogP contribution is 2.24. The number of hydrogen-bond acceptors (Lipinski definition) is 6. The molecule has 0 spiro atoms. The molecule has 2 aromatic carbocycles. The third-order valence-electron chi connectivity index (χ3n) is 6.34. The normalized spacial score (nSPS) is 13.5. The smallest absolute Gasteiger partial charge is 0.407 e. The highest BCUT2D eigenvalue weighted by molar-refractivity contribution is 5.68. The molecule has 36 heavy (non-hydrogen) atoms. The van der Waals surface area contributed by atoms with E-state index < -0.39 is 12.1 Å². The van der Waals surface area contributed by atoms with Crippen molar-refractivity contribution in [3.63, 3.8) is 0 Å². The molecule has 8 heteroatoms. The van der Waals surface area contributed by atoms with Crippen LogP contribution in [-0.2, 0) is 29.0 Å². The topological polar surface area (TPSA) is 111 Å². The fourth-order valence-electron chi connectivity index (χ4n) is 4.36. The molecule has 0 radical (unpaired) electrons. The summed E-state index contributed by atoms with van der Waals surface area (Å²) in [5.41, 5.74) is 3.31. The summed E-state index contributed by atoms with van der Waals surface area (Å²) in [5, 5.41) is 12.0. The molecule has 0 aliphatic heterocycles. The summed E-state index contributed by atoms with van der Waals surface area (Å²) >= 11 is 0. The summed E-state index contributed by atoms with van der Waals surface area (Å²) in [6.45, 7) is 2.32. The van der Waals surface area contributed by atoms with Gasteiger partial charge in [0, 0.05) is 24.4 Å². The Kier molecular flexibility index (Phi) is 8.60. The highest BCUT2D eigenvalue weighted by Gasteiger charge is 2.18. The second-order valence-corrected chi connectivity index (χ2v) is 9.01. The van der Waals surface area contributed by atoms with Gasteiger partial charge < -0.3 is 24.3 Å². The zero-order chi connectivity index (χ0) is 25.3. The number of nitrogens with one attached hydrogen (secondary N) is 1. The standard InChI is InChI=1S/C28H32N2O6/c1-19-25(30-27(36-19)21-7-3-2-4-8-21)15-16-34-24-13-11-20(12-14-26(31)32)22(17-24)18-35-28(33)29-23-9-5-6-10-23/h2-4,7-8,11,13,17,23H,5-6,9-10,12,14-16,18H2,1H3,(H,29,33)(H,31,32). The molecule has 0 bridgehead atoms. The van der Waals surface area contributed by atoms with Crippen molar-refractivity contribution in [2.24, 2.45) is 0 Å². The number of ether oxygens (including phenoxy) is 2. The number of aliphatic carboxylic acids is 1. The van der Waals surface area contributed by atoms with Crippen LogP contribution in [0.5, 0.6) is 5.75 Å². The Morgan fingerprint density at radius 1 is 1.08 bits per heavy atom. The Bertz CT molecular complexity index is 1170. The van der Waals surface area contributed by atoms with Gasteiger partial charge in [-0.1, -0.05) is 37.1 Å². The first kappa shape index (κ1) is 25.3. The number of hydrogen-bond donors (Lipinski definition) is 2. The van der Waals surface area contributed by atoms with Crippen LogP contribution in [0.2, 0.25) is 0 Å². The molecular formula is C28H32N2O6. The van der Waals surface area contributed by atoms with Crippen LogP contribution in [0, 0.1) is 6.92 Å². The van der Waals surface area contributed by atoms with Gasteiger partial charge in [-0.3, -0.25) is 4.79 Å². The molecule has 1 aliphatic rings. The van der Waals surface area contributed by atoms with E-state index in [1.165, 1.54) is 0 Å². The van der Waals surface area contributed by atoms with Gasteiger partial charge in [-0.2, -0.15) is 0 Å². The Hall–Kier alpha value is -3.81. The summed E-state index contributed by atoms with van der Waals surface area (Å²) in [5.74, 6) is 1.08. The SMILES string of the molecule is Cc1oc(-c2ccccc2)nc1CCOc1ccc(CCC(=O)O)c(COC(=O)NC2CCCC2)c1. The van der Waals surface area contributed by atoms with Gasteiger partial charge in [0.05, 0.1) is 12.3 Å². The monoisotopic (exact) mass is 492 g/mol. The van der Waals surface area contributed by atoms with Crippen LogP contribution in [0.25, 0.3) is 11.5 Å². The summed E-state index contributed by atoms with van der Waals surface area (Å²) in [4.78, 5) is 27.9. The first-order valence-electron chi connectivity index (χ1n) is 12.4. The lowest BCUT2D eigenvalue weighted by atomic mass is 10.0. The fraction of sp³-hybridized carbons (Fsp3) is 0.393. The Morgan fingerprint density at radius 3 is 2.61 bits per heavy atom. The van der Waals surface area contributed by atoms with Gasteiger partial charge in [-0.05, 0) is 61.6 Å². The highest BCUT2D eigenvalue weighted by atomic mass is 16.5. The van der Waals surface area contributed by atoms with E-state index in [1.807, 2.05) is 55.5 Å². The first-order chi connectivity index (χ1) is 17.5. The molecule has 0 atom stereocenters. The third kappa shape index (κ3) is 7.10. The van der Waals surface area contributed by atoms with Crippen molar-refractivity contribution in [1.29, 1.82) is 0 Å². The molecule has 2 N–H and O–H groups in total. The first-order valence-corrected chi connectivity index (χ1v) is 12.4. The van der Waals surface area contributed by atoms with E-state index in [0.29, 0.717) is 31.1 Å². The third-order valence-corrected chi connectivity index (χ3v) is 6.34. The van der Waals surface area contributed by atoms with Crippen molar-refractivity contribution in [3.8, 4) is 17.2 Å². The quantitative estimate of drug-likeness (QED) is 0.366. The molecule has 0 unspecified atom stereocenters. The number of aromatic nitrogens is 1. The van der Waals surface area contributed by atoms with Crippen LogP contribution < -0.4 is 10.1 Å². The van der Waals surface area contributed by atoms with Crippen LogP contribution in [0.3, 0.4) is 0 Å². The average Bonchev–Trinajstić information content (AvgIpc) is 3.52. The number of nitrogens with zero attached hydrogens (tertiary/aromatic N) is 1. The van der Waals surface area contributed by atoms with Gasteiger partial charge in [-0.15, -0.1) is 0 Å². The van der Waals surface area contributed by atoms with E-state index in [9.17, 15) is 9.59 Å². The predicted octanol–water partition coefficient (Wildman–Crippen LogP) is 5.46. The van der Waals surface area contributed by atoms with Crippen LogP contribution in [-0.4, -0.2) is 34.8 Å². The molecule has 3 aromatic rings. The molecule has 8 nitrogen and oxygen atoms in total. The summed E-state index contributed by atoms with van der Waals surface area (Å²) in [6, 6.07) is 15.4. The molecule has 1 fully saturated rings. The van der Waals surface area contributed by atoms with Gasteiger partial charge >= 0.3 is 12.1 Å². The van der Waals surface area contributed by atoms with Crippen LogP contribution in [0.4, 0.5) is 4.79 Å². The fourth-order valence-corrected chi connectivity index (χ4v) is 4.36. The maximum absolute atomic E-state index is 12.2. The van der Waals surface area contributed by atoms with Crippen molar-refractivity contribution in [3.05, 3.63) is 71.1 Å². The molecular weight excluding hydrogens is 460 g/mol. The zero-order valence-corrected chi connectivity index (χ0v) is 20.5. The average molecular weight is 493 g/mol. The van der Waals surface area contributed by atoms with Gasteiger partial charge in [0.1, 0.15) is 18.1 Å². The van der Waals surface area contributed by atoms with E-state index in [2.05, 4.69) is 10.3 Å². The van der Waals surface area contributed by atoms with Crippen LogP contribution in [0.1, 0.15) is 54.7 Å². The molecule has 1 aromatic heterocycles. The number of aryl methyl sites for hydroxylation is 2. The lowest BCUT2D eigenvalue weighted by Gasteiger charge is -2.15. The number of carboxylic acids is 1. The van der Waals surface area contributed by atoms with Crippen molar-refractivity contribution in [2.75, 3.05) is 6.61 Å². The number of rotatable bonds is 11. The molecule has 0 saturated heterocycles. The molecule has 1 saturated carbocycles. The van der Waals surface area contributed by atoms with Crippen molar-refractivity contribution in [1.82, 2.24) is 10.3 Å². The van der Waals surface area contributed by atoms with Gasteiger partial charge in [0.25, 0.3) is 0 Å². The number of amides is 1. The molecule has 1 heterocycles. The minimum atomic E-state index is -0.876. The van der Waals surface area contributed by atoms with Crippen LogP contribution >= 0.6 is 0 Å². The van der Waals surface area contributed by atoms with Crippen molar-refractivity contribution in [2.45, 2.75) is 64.5 Å². The van der Waals surface area contributed by atoms with Gasteiger partial charge in [-0.25, -0.2) is 9.78 Å². The van der Waals surface area contributed by atoms with E-state index in [0.717, 1.165) is 53.8 Å². The lowest BCUT2D eigenvalue weighted by Crippen LogP contribution is -2.33. The number of alkyl carbamates (subject to hydrolysis) is 1. The Morgan fingerprint density at radius 2 is 1.86 bits per heavy atom. The largest absolute Gasteiger partial charge is 0.493 e. The maximum atomic E-state index is 12.2. The predicted molar refractivity (Wildman–Crippen MR) is 134 cm³/mol. The molecule has 1 aliphatic carbocycles. The lowest BCUT2D eigenvalue weighted by molar-refractivity contribution is -0.136. The number of benzene rings is 2. The maximum Gasteiger partial charge on any atom is 0.407 e. The number of carboxylic acid groups (broad SMARTS) is 1. The molecule has 1 amide bonds. The van der Waals surface area contributed by atoms with Crippen molar-refractivity contribution < 1.29 is 28.6 Å². The number of oxazole rings is 1. The zero-order valence-electron chi connectivity index (χ0n) is 20.5. The summed E-state index contributed by atoms with van der Waals surface area (Å²) < 4.78 is 17.2. The van der Waals surface area contributed by atoms with E-state index in [4.69, 9.17) is 19.0 Å². The van der Waals surface area contributed by atoms with Gasteiger partial charge in [0.15, 0.2) is 0 Å². The Labute approximate surface area is 210 Å². The van der Waals surface area contributed by atoms with E-state index in [-0.39, 0.29) is 19.1 Å². The second kappa shape index (κ2) is 12.2. The summed E-state index contributed by atoms with van der Waals surface area (Å²) in [7, 11) is 0. The second-order valence-electron chi connectivity index (χ2n) is 9.01. The van der Waals surface area contributed by atoms with Crippen molar-refractivity contribution >= 4 is 12.1 Å². The molecule has 4 rings (SSSR count). The number of carbonyl (C=O) groups is 2. The minimum absolute atomic E-state index is 0.00332. The summed E-state index contributed by atoms with van der Waals surface area (Å²) in [6.07, 6.45) is 4.64. The van der Waals surface area contributed by atoms with Crippen LogP contribution in [0.15, 0.2) is 52.9 Å². The Balaban J connectivity index is 1.36. The van der Waals surface area contributed by atoms with Gasteiger partial charge in [0.2, 0.25) is 5.89 Å². The number of carbonyl (C=O) groups excluding carboxylic acids is 1. The minimum Gasteiger partial charge on any atom is -0.493 e. The van der Waals surface area contributed by atoms with E-state index in [1.54, 1.807) is 0 Å². The van der Waals surface area contributed by atoms with E-state index >= 15 is 0 Å². The molecule has 190 valence electrons.